The van der Waals surface area contributed by atoms with Gasteiger partial charge in [-0.2, -0.15) is 0 Å². The lowest BCUT2D eigenvalue weighted by molar-refractivity contribution is -0.116. The van der Waals surface area contributed by atoms with E-state index in [0.717, 1.165) is 76.0 Å². The van der Waals surface area contributed by atoms with Gasteiger partial charge in [-0.15, -0.1) is 0 Å². The number of halogens is 2. The van der Waals surface area contributed by atoms with Crippen molar-refractivity contribution in [2.24, 2.45) is 0 Å². The highest BCUT2D eigenvalue weighted by Crippen LogP contribution is 2.33. The zero-order valence-electron chi connectivity index (χ0n) is 45.0. The number of ketones is 2. The van der Waals surface area contributed by atoms with Crippen LogP contribution in [0.1, 0.15) is 23.7 Å². The summed E-state index contributed by atoms with van der Waals surface area (Å²) < 4.78 is 59.1. The van der Waals surface area contributed by atoms with Crippen LogP contribution in [0.5, 0.6) is 34.5 Å². The summed E-state index contributed by atoms with van der Waals surface area (Å²) in [5, 5.41) is 9.78. The highest BCUT2D eigenvalue weighted by molar-refractivity contribution is 6.07. The van der Waals surface area contributed by atoms with E-state index in [0.29, 0.717) is 74.1 Å². The predicted octanol–water partition coefficient (Wildman–Crippen LogP) is 6.15. The van der Waals surface area contributed by atoms with E-state index >= 15 is 0 Å². The van der Waals surface area contributed by atoms with Crippen molar-refractivity contribution in [1.82, 2.24) is 39.7 Å². The number of hydrogen-bond acceptors (Lipinski definition) is 18. The average molecular weight is 1090 g/mol. The predicted molar refractivity (Wildman–Crippen MR) is 299 cm³/mol. The van der Waals surface area contributed by atoms with Gasteiger partial charge in [-0.05, 0) is 97.9 Å². The van der Waals surface area contributed by atoms with E-state index in [1.165, 1.54) is 63.0 Å². The van der Waals surface area contributed by atoms with Crippen molar-refractivity contribution in [2.45, 2.75) is 13.3 Å². The fourth-order valence-corrected chi connectivity index (χ4v) is 7.89. The maximum Gasteiger partial charge on any atom is 0.258 e. The maximum atomic E-state index is 13.2. The van der Waals surface area contributed by atoms with E-state index in [4.69, 9.17) is 34.2 Å². The zero-order chi connectivity index (χ0) is 56.8. The van der Waals surface area contributed by atoms with Crippen LogP contribution in [0.4, 0.5) is 20.3 Å². The van der Waals surface area contributed by atoms with Gasteiger partial charge < -0.3 is 55.0 Å². The van der Waals surface area contributed by atoms with Crippen molar-refractivity contribution < 1.29 is 46.8 Å². The minimum absolute atomic E-state index is 0.0878. The van der Waals surface area contributed by atoms with Gasteiger partial charge in [-0.3, -0.25) is 28.0 Å². The van der Waals surface area contributed by atoms with Gasteiger partial charge >= 0.3 is 0 Å². The number of nitrogen functional groups attached to an aromatic ring is 1. The number of carbonyl (C=O) groups is 2. The molecule has 5 N–H and O–H groups in total. The highest BCUT2D eigenvalue weighted by atomic mass is 19.1. The molecule has 79 heavy (non-hydrogen) atoms. The molecule has 2 saturated heterocycles. The smallest absolute Gasteiger partial charge is 0.258 e. The standard InChI is InChI=1S/C20H22N4O3.C16H13FN2O3.C12H14O4.C5H5FN2.C4H10N2/c1-26-17-5-3-14(11-18(17)27-2)16-12-20(25)24-13-15(4-6-19(24)22-16)23-9-7-21-8-10-23;1-21-13-5-3-10(7-14(13)22-2)12-8-16(20)19-9-11(17)4-6-15(19)18-12;1-8(13)6-10(14)9-4-5-11(15-2)12(7-9)16-3;6-4-1-2-5(7)8-3-4;1-2-6-4-3-5-1/h3-6,11-13,21H,7-10H2,1-2H3;3-9H,1-2H3;4-5,7H,6H2,1-3H3;1-3H,(H2,7,8);5-6H,1-4H2. The molecule has 10 rings (SSSR count). The Balaban J connectivity index is 0.000000174. The first-order valence-corrected chi connectivity index (χ1v) is 24.8. The number of benzene rings is 3. The minimum atomic E-state index is -0.490. The van der Waals surface area contributed by atoms with Crippen molar-refractivity contribution >= 4 is 34.4 Å². The van der Waals surface area contributed by atoms with Gasteiger partial charge in [0.1, 0.15) is 34.5 Å². The number of methoxy groups -OCH3 is 6. The van der Waals surface area contributed by atoms with Crippen LogP contribution in [0.2, 0.25) is 0 Å². The third kappa shape index (κ3) is 16.8. The summed E-state index contributed by atoms with van der Waals surface area (Å²) >= 11 is 0. The molecule has 22 heteroatoms. The molecule has 8 aromatic rings. The Labute approximate surface area is 455 Å². The van der Waals surface area contributed by atoms with Crippen LogP contribution in [-0.2, 0) is 4.79 Å². The van der Waals surface area contributed by atoms with Crippen LogP contribution in [0, 0.1) is 11.6 Å². The molecule has 416 valence electrons. The fourth-order valence-electron chi connectivity index (χ4n) is 7.89. The summed E-state index contributed by atoms with van der Waals surface area (Å²) in [6, 6.07) is 27.8. The van der Waals surface area contributed by atoms with Gasteiger partial charge in [0.2, 0.25) is 0 Å². The summed E-state index contributed by atoms with van der Waals surface area (Å²) in [5.41, 5.74) is 9.77. The number of rotatable bonds is 12. The number of piperazine rings is 2. The van der Waals surface area contributed by atoms with Crippen molar-refractivity contribution in [3.8, 4) is 57.0 Å². The molecule has 3 aromatic carbocycles. The third-order valence-electron chi connectivity index (χ3n) is 11.9. The van der Waals surface area contributed by atoms with E-state index < -0.39 is 5.82 Å². The number of pyridine rings is 3. The molecule has 0 saturated carbocycles. The molecule has 2 aliphatic rings. The van der Waals surface area contributed by atoms with E-state index in [-0.39, 0.29) is 34.9 Å². The van der Waals surface area contributed by atoms with E-state index in [1.807, 2.05) is 36.5 Å². The molecule has 7 heterocycles. The summed E-state index contributed by atoms with van der Waals surface area (Å²) in [4.78, 5) is 62.0. The monoisotopic (exact) mass is 1090 g/mol. The minimum Gasteiger partial charge on any atom is -0.493 e. The average Bonchev–Trinajstić information content (AvgIpc) is 3.55. The molecular formula is C57H64F2N10O10. The number of aromatic nitrogens is 5. The molecule has 0 unspecified atom stereocenters. The second kappa shape index (κ2) is 29.5. The number of fused-ring (bicyclic) bond motifs is 2. The van der Waals surface area contributed by atoms with E-state index in [2.05, 4.69) is 35.8 Å². The van der Waals surface area contributed by atoms with Crippen molar-refractivity contribution in [2.75, 3.05) is 106 Å². The molecule has 2 fully saturated rings. The van der Waals surface area contributed by atoms with Crippen LogP contribution in [0.3, 0.4) is 0 Å². The molecule has 0 atom stereocenters. The van der Waals surface area contributed by atoms with Gasteiger partial charge in [0, 0.05) is 93.6 Å². The first-order valence-electron chi connectivity index (χ1n) is 24.8. The summed E-state index contributed by atoms with van der Waals surface area (Å²) in [6.07, 6.45) is 3.97. The lowest BCUT2D eigenvalue weighted by Crippen LogP contribution is -2.43. The van der Waals surface area contributed by atoms with E-state index in [9.17, 15) is 28.0 Å². The zero-order valence-corrected chi connectivity index (χ0v) is 45.0. The Hall–Kier alpha value is -8.99. The molecule has 2 aliphatic heterocycles. The number of carbonyl (C=O) groups excluding carboxylic acids is 2. The third-order valence-corrected chi connectivity index (χ3v) is 11.9. The van der Waals surface area contributed by atoms with Crippen LogP contribution in [-0.4, -0.2) is 130 Å². The van der Waals surface area contributed by atoms with Gasteiger partial charge in [0.05, 0.1) is 72.4 Å². The number of nitrogens with two attached hydrogens (primary N) is 1. The molecule has 0 spiro atoms. The first kappa shape index (κ1) is 59.3. The maximum absolute atomic E-state index is 13.2. The number of hydrogen-bond donors (Lipinski definition) is 4. The summed E-state index contributed by atoms with van der Waals surface area (Å²) in [5.74, 6) is 2.53. The quantitative estimate of drug-likeness (QED) is 0.0793. The van der Waals surface area contributed by atoms with Crippen LogP contribution < -0.4 is 66.1 Å². The lowest BCUT2D eigenvalue weighted by Gasteiger charge is -2.29. The summed E-state index contributed by atoms with van der Waals surface area (Å²) in [7, 11) is 9.28. The molecular weight excluding hydrogens is 1020 g/mol. The van der Waals surface area contributed by atoms with Gasteiger partial charge in [0.25, 0.3) is 11.1 Å². The topological polar surface area (TPSA) is 236 Å². The van der Waals surface area contributed by atoms with E-state index in [1.54, 1.807) is 68.2 Å². The Morgan fingerprint density at radius 3 is 1.46 bits per heavy atom. The second-order valence-electron chi connectivity index (χ2n) is 17.3. The Morgan fingerprint density at radius 1 is 0.544 bits per heavy atom. The number of ether oxygens (including phenoxy) is 6. The number of Topliss-reactive ketones (excluding diaryl/α,β-unsaturated/α-hetero) is 2. The summed E-state index contributed by atoms with van der Waals surface area (Å²) in [6.45, 7) is 9.69. The molecule has 0 amide bonds. The number of nitrogens with one attached hydrogen (secondary N) is 3. The molecule has 0 aliphatic carbocycles. The lowest BCUT2D eigenvalue weighted by atomic mass is 10.1. The molecule has 0 radical (unpaired) electrons. The van der Waals surface area contributed by atoms with Crippen molar-refractivity contribution in [3.63, 3.8) is 0 Å². The molecule has 5 aromatic heterocycles. The number of anilines is 2. The Bertz CT molecular complexity index is 3410. The largest absolute Gasteiger partial charge is 0.493 e. The SMILES string of the molecule is C1CNCCN1.COc1ccc(-c2cc(=O)n3cc(F)ccc3n2)cc1OC.COc1ccc(-c2cc(=O)n3cc(N4CCNCC4)ccc3n2)cc1OC.COc1ccc(C(=O)CC(C)=O)cc1OC.Nc1ccc(F)cn1. The van der Waals surface area contributed by atoms with Crippen molar-refractivity contribution in [1.29, 1.82) is 0 Å². The Morgan fingerprint density at radius 2 is 1.00 bits per heavy atom. The fraction of sp³-hybridized carbons (Fsp3) is 0.281. The Kier molecular flexibility index (Phi) is 22.1. The first-order chi connectivity index (χ1) is 38.2. The van der Waals surface area contributed by atoms with Gasteiger partial charge in [-0.25, -0.2) is 23.7 Å². The van der Waals surface area contributed by atoms with Crippen molar-refractivity contribution in [3.05, 3.63) is 160 Å². The number of nitrogens with zero attached hydrogens (tertiary/aromatic N) is 6. The van der Waals surface area contributed by atoms with Crippen LogP contribution in [0.15, 0.2) is 131 Å². The second-order valence-corrected chi connectivity index (χ2v) is 17.3. The van der Waals surface area contributed by atoms with Crippen LogP contribution in [0.25, 0.3) is 33.8 Å². The highest BCUT2D eigenvalue weighted by Gasteiger charge is 2.16. The van der Waals surface area contributed by atoms with Gasteiger partial charge in [0.15, 0.2) is 40.3 Å². The normalized spacial score (nSPS) is 12.6. The molecule has 0 bridgehead atoms. The van der Waals surface area contributed by atoms with Crippen LogP contribution >= 0.6 is 0 Å². The van der Waals surface area contributed by atoms with Gasteiger partial charge in [-0.1, -0.05) is 0 Å². The molecule has 20 nitrogen and oxygen atoms in total.